The molecule has 3 fully saturated rings. The van der Waals surface area contributed by atoms with Crippen LogP contribution in [0.25, 0.3) is 0 Å². The van der Waals surface area contributed by atoms with Crippen LogP contribution in [0.15, 0.2) is 16.6 Å². The molecule has 2 bridgehead atoms. The minimum absolute atomic E-state index is 0.0184. The third-order valence-electron chi connectivity index (χ3n) is 6.98. The third kappa shape index (κ3) is 4.07. The summed E-state index contributed by atoms with van der Waals surface area (Å²) in [5.74, 6) is -1.79. The van der Waals surface area contributed by atoms with Crippen LogP contribution in [-0.2, 0) is 23.9 Å². The Labute approximate surface area is 211 Å². The molecule has 7 nitrogen and oxygen atoms in total. The number of carbonyl (C=O) groups excluding carboxylic acids is 4. The molecule has 0 aromatic heterocycles. The van der Waals surface area contributed by atoms with Crippen LogP contribution in [0, 0.1) is 37.5 Å². The summed E-state index contributed by atoms with van der Waals surface area (Å²) in [6.07, 6.45) is 0.729. The van der Waals surface area contributed by atoms with Gasteiger partial charge in [-0.25, -0.2) is 0 Å². The van der Waals surface area contributed by atoms with E-state index in [0.717, 1.165) is 22.0 Å². The number of nitrogens with one attached hydrogen (secondary N) is 1. The molecule has 1 N–H and O–H groups in total. The number of hydrogen-bond donors (Lipinski definition) is 1. The van der Waals surface area contributed by atoms with E-state index < -0.39 is 18.5 Å². The standard InChI is InChI=1S/C22H23Br3N2O5/c1-9-10(2)14(4-3-13(9)23)26-15(28)8-32-16(29)5-6-27-21(30)17-11-7-12(18(17)22(27)31)20(25)19(11)24/h3-4,11-12,17-20H,5-8H2,1-2H3,(H,26,28)/t11-,12-,17-,18+,19-,20+/m1/s1. The van der Waals surface area contributed by atoms with Gasteiger partial charge in [0.15, 0.2) is 6.61 Å². The Bertz CT molecular complexity index is 968. The van der Waals surface area contributed by atoms with Gasteiger partial charge in [0.1, 0.15) is 0 Å². The lowest BCUT2D eigenvalue weighted by atomic mass is 9.81. The van der Waals surface area contributed by atoms with Crippen molar-refractivity contribution in [3.8, 4) is 0 Å². The second-order valence-corrected chi connectivity index (χ2v) is 11.6. The van der Waals surface area contributed by atoms with E-state index in [0.29, 0.717) is 5.69 Å². The zero-order valence-electron chi connectivity index (χ0n) is 17.6. The highest BCUT2D eigenvalue weighted by Gasteiger charge is 2.66. The number of anilines is 1. The first kappa shape index (κ1) is 23.9. The molecule has 1 saturated heterocycles. The van der Waals surface area contributed by atoms with Crippen molar-refractivity contribution in [1.82, 2.24) is 4.90 Å². The van der Waals surface area contributed by atoms with Crippen molar-refractivity contribution in [2.75, 3.05) is 18.5 Å². The topological polar surface area (TPSA) is 92.8 Å². The zero-order chi connectivity index (χ0) is 23.3. The number of fused-ring (bicyclic) bond motifs is 5. The van der Waals surface area contributed by atoms with Crippen LogP contribution >= 0.6 is 47.8 Å². The number of imide groups is 1. The first-order valence-electron chi connectivity index (χ1n) is 10.5. The molecule has 0 unspecified atom stereocenters. The summed E-state index contributed by atoms with van der Waals surface area (Å²) in [6, 6.07) is 3.61. The normalized spacial score (nSPS) is 30.6. The number of carbonyl (C=O) groups is 4. The van der Waals surface area contributed by atoms with Gasteiger partial charge in [-0.2, -0.15) is 0 Å². The number of ether oxygens (including phenoxy) is 1. The molecule has 2 saturated carbocycles. The van der Waals surface area contributed by atoms with Crippen molar-refractivity contribution in [3.63, 3.8) is 0 Å². The molecule has 0 spiro atoms. The maximum absolute atomic E-state index is 12.9. The molecule has 4 rings (SSSR count). The van der Waals surface area contributed by atoms with Gasteiger partial charge in [0.2, 0.25) is 11.8 Å². The van der Waals surface area contributed by atoms with Gasteiger partial charge in [0.25, 0.3) is 5.91 Å². The number of amides is 3. The summed E-state index contributed by atoms with van der Waals surface area (Å²) in [7, 11) is 0. The Morgan fingerprint density at radius 3 is 2.25 bits per heavy atom. The van der Waals surface area contributed by atoms with E-state index >= 15 is 0 Å². The van der Waals surface area contributed by atoms with E-state index in [-0.39, 0.29) is 58.1 Å². The van der Waals surface area contributed by atoms with Gasteiger partial charge >= 0.3 is 5.97 Å². The van der Waals surface area contributed by atoms with E-state index in [2.05, 4.69) is 53.1 Å². The minimum atomic E-state index is -0.624. The zero-order valence-corrected chi connectivity index (χ0v) is 22.3. The van der Waals surface area contributed by atoms with Crippen LogP contribution in [0.5, 0.6) is 0 Å². The second-order valence-electron chi connectivity index (χ2n) is 8.64. The molecule has 0 radical (unpaired) electrons. The number of nitrogens with zero attached hydrogens (tertiary/aromatic N) is 1. The lowest BCUT2D eigenvalue weighted by molar-refractivity contribution is -0.149. The molecular weight excluding hydrogens is 612 g/mol. The van der Waals surface area contributed by atoms with E-state index in [1.54, 1.807) is 6.07 Å². The highest BCUT2D eigenvalue weighted by Crippen LogP contribution is 2.60. The Morgan fingerprint density at radius 2 is 1.66 bits per heavy atom. The monoisotopic (exact) mass is 632 g/mol. The van der Waals surface area contributed by atoms with Crippen molar-refractivity contribution in [1.29, 1.82) is 0 Å². The van der Waals surface area contributed by atoms with E-state index in [1.165, 1.54) is 4.90 Å². The summed E-state index contributed by atoms with van der Waals surface area (Å²) >= 11 is 10.7. The first-order valence-corrected chi connectivity index (χ1v) is 13.1. The van der Waals surface area contributed by atoms with Crippen LogP contribution < -0.4 is 5.32 Å². The molecule has 32 heavy (non-hydrogen) atoms. The predicted octanol–water partition coefficient (Wildman–Crippen LogP) is 3.72. The molecule has 3 aliphatic rings. The fourth-order valence-corrected chi connectivity index (χ4v) is 7.46. The van der Waals surface area contributed by atoms with Crippen molar-refractivity contribution >= 4 is 77.2 Å². The molecular formula is C22H23Br3N2O5. The van der Waals surface area contributed by atoms with Crippen LogP contribution in [-0.4, -0.2) is 51.4 Å². The predicted molar refractivity (Wildman–Crippen MR) is 129 cm³/mol. The third-order valence-corrected chi connectivity index (χ3v) is 11.0. The summed E-state index contributed by atoms with van der Waals surface area (Å²) in [5, 5.41) is 2.73. The molecule has 1 heterocycles. The molecule has 1 aromatic carbocycles. The Balaban J connectivity index is 1.27. The summed E-state index contributed by atoms with van der Waals surface area (Å²) in [5.41, 5.74) is 2.58. The number of hydrogen-bond acceptors (Lipinski definition) is 5. The minimum Gasteiger partial charge on any atom is -0.456 e. The van der Waals surface area contributed by atoms with Crippen molar-refractivity contribution < 1.29 is 23.9 Å². The first-order chi connectivity index (χ1) is 15.1. The summed E-state index contributed by atoms with van der Waals surface area (Å²) in [4.78, 5) is 51.6. The van der Waals surface area contributed by atoms with Crippen molar-refractivity contribution in [2.24, 2.45) is 23.7 Å². The molecule has 1 aliphatic heterocycles. The smallest absolute Gasteiger partial charge is 0.308 e. The maximum atomic E-state index is 12.9. The van der Waals surface area contributed by atoms with E-state index in [4.69, 9.17) is 4.74 Å². The highest BCUT2D eigenvalue weighted by atomic mass is 79.9. The Hall–Kier alpha value is -1.26. The van der Waals surface area contributed by atoms with Crippen LogP contribution in [0.1, 0.15) is 24.0 Å². The SMILES string of the molecule is Cc1c(Br)ccc(NC(=O)COC(=O)CCN2C(=O)[C@@H]3[C@H]4C[C@@H]([C@H](Br)[C@@H]4Br)[C@@H]3C2=O)c1C. The lowest BCUT2D eigenvalue weighted by Crippen LogP contribution is -2.37. The quantitative estimate of drug-likeness (QED) is 0.293. The summed E-state index contributed by atoms with van der Waals surface area (Å²) < 4.78 is 6.00. The van der Waals surface area contributed by atoms with E-state index in [9.17, 15) is 19.2 Å². The molecule has 1 aromatic rings. The van der Waals surface area contributed by atoms with Gasteiger partial charge in [-0.15, -0.1) is 0 Å². The Kier molecular flexibility index (Phi) is 6.85. The van der Waals surface area contributed by atoms with Gasteiger partial charge < -0.3 is 10.1 Å². The molecule has 3 amide bonds. The largest absolute Gasteiger partial charge is 0.456 e. The maximum Gasteiger partial charge on any atom is 0.308 e. The van der Waals surface area contributed by atoms with Gasteiger partial charge in [-0.1, -0.05) is 47.8 Å². The van der Waals surface area contributed by atoms with Gasteiger partial charge in [-0.3, -0.25) is 24.1 Å². The van der Waals surface area contributed by atoms with Crippen LogP contribution in [0.2, 0.25) is 0 Å². The number of alkyl halides is 2. The average Bonchev–Trinajstić information content (AvgIpc) is 3.36. The molecule has 10 heteroatoms. The molecule has 172 valence electrons. The van der Waals surface area contributed by atoms with Crippen LogP contribution in [0.4, 0.5) is 5.69 Å². The second kappa shape index (κ2) is 9.18. The number of esters is 1. The fraction of sp³-hybridized carbons (Fsp3) is 0.545. The van der Waals surface area contributed by atoms with Gasteiger partial charge in [0.05, 0.1) is 18.3 Å². The Morgan fingerprint density at radius 1 is 1.06 bits per heavy atom. The lowest BCUT2D eigenvalue weighted by Gasteiger charge is -2.28. The fourth-order valence-electron chi connectivity index (χ4n) is 5.16. The summed E-state index contributed by atoms with van der Waals surface area (Å²) in [6.45, 7) is 3.38. The van der Waals surface area contributed by atoms with E-state index in [1.807, 2.05) is 19.9 Å². The number of benzene rings is 1. The highest BCUT2D eigenvalue weighted by molar-refractivity contribution is 9.12. The molecule has 6 atom stereocenters. The average molecular weight is 635 g/mol. The number of likely N-dealkylation sites (tertiary alicyclic amines) is 1. The van der Waals surface area contributed by atoms with Crippen LogP contribution in [0.3, 0.4) is 0 Å². The van der Waals surface area contributed by atoms with Gasteiger partial charge in [-0.05, 0) is 55.4 Å². The molecule has 2 aliphatic carbocycles. The number of rotatable bonds is 6. The number of halogens is 3. The van der Waals surface area contributed by atoms with Crippen molar-refractivity contribution in [2.45, 2.75) is 36.3 Å². The van der Waals surface area contributed by atoms with Crippen molar-refractivity contribution in [3.05, 3.63) is 27.7 Å². The van der Waals surface area contributed by atoms with Gasteiger partial charge in [0, 0.05) is 26.4 Å².